The molecule has 0 spiro atoms. The first-order chi connectivity index (χ1) is 11.1. The van der Waals surface area contributed by atoms with Crippen LogP contribution in [-0.4, -0.2) is 24.5 Å². The topological polar surface area (TPSA) is 29.5 Å². The molecule has 0 fully saturated rings. The minimum Gasteiger partial charge on any atom is -0.494 e. The molecule has 0 saturated heterocycles. The standard InChI is InChI=1S/C18H17Cl2NO2/c1-2-23-16-3-4-17-12(9-16)5-6-21(11-22)18(17)13-7-14(19)10-15(20)8-13/h3-4,7-11,18H,2,5-6H2,1H3. The molecule has 0 N–H and O–H groups in total. The van der Waals surface area contributed by atoms with Crippen molar-refractivity contribution < 1.29 is 9.53 Å². The Hall–Kier alpha value is -1.71. The molecule has 0 radical (unpaired) electrons. The molecule has 1 heterocycles. The van der Waals surface area contributed by atoms with Gasteiger partial charge in [0.25, 0.3) is 0 Å². The number of halogens is 2. The number of hydrogen-bond donors (Lipinski definition) is 0. The highest BCUT2D eigenvalue weighted by molar-refractivity contribution is 6.34. The van der Waals surface area contributed by atoms with E-state index in [1.54, 1.807) is 11.0 Å². The molecule has 1 unspecified atom stereocenters. The molecule has 3 nitrogen and oxygen atoms in total. The zero-order valence-electron chi connectivity index (χ0n) is 12.8. The minimum absolute atomic E-state index is 0.178. The molecule has 0 aromatic heterocycles. The van der Waals surface area contributed by atoms with E-state index in [2.05, 4.69) is 6.07 Å². The Morgan fingerprint density at radius 2 is 1.96 bits per heavy atom. The van der Waals surface area contributed by atoms with Crippen LogP contribution in [-0.2, 0) is 11.2 Å². The third kappa shape index (κ3) is 3.31. The Morgan fingerprint density at radius 1 is 1.22 bits per heavy atom. The molecule has 0 saturated carbocycles. The zero-order chi connectivity index (χ0) is 16.4. The van der Waals surface area contributed by atoms with Crippen molar-refractivity contribution in [2.24, 2.45) is 0 Å². The van der Waals surface area contributed by atoms with Crippen molar-refractivity contribution in [3.63, 3.8) is 0 Å². The van der Waals surface area contributed by atoms with Crippen molar-refractivity contribution in [1.29, 1.82) is 0 Å². The summed E-state index contributed by atoms with van der Waals surface area (Å²) in [4.78, 5) is 13.3. The van der Waals surface area contributed by atoms with E-state index < -0.39 is 0 Å². The van der Waals surface area contributed by atoms with Crippen LogP contribution in [0.1, 0.15) is 29.7 Å². The highest BCUT2D eigenvalue weighted by atomic mass is 35.5. The second kappa shape index (κ2) is 6.81. The zero-order valence-corrected chi connectivity index (χ0v) is 14.3. The first kappa shape index (κ1) is 16.2. The minimum atomic E-state index is -0.178. The number of benzene rings is 2. The van der Waals surface area contributed by atoms with Crippen LogP contribution in [0.15, 0.2) is 36.4 Å². The molecule has 3 rings (SSSR count). The van der Waals surface area contributed by atoms with Gasteiger partial charge in [-0.25, -0.2) is 0 Å². The number of carbonyl (C=O) groups is 1. The third-order valence-corrected chi connectivity index (χ3v) is 4.46. The van der Waals surface area contributed by atoms with E-state index in [1.165, 1.54) is 5.56 Å². The van der Waals surface area contributed by atoms with E-state index in [-0.39, 0.29) is 6.04 Å². The molecule has 0 bridgehead atoms. The molecule has 2 aromatic carbocycles. The molecule has 2 aromatic rings. The summed E-state index contributed by atoms with van der Waals surface area (Å²) in [6.45, 7) is 3.25. The van der Waals surface area contributed by atoms with Crippen LogP contribution < -0.4 is 4.74 Å². The molecular formula is C18H17Cl2NO2. The Kier molecular flexibility index (Phi) is 4.79. The summed E-state index contributed by atoms with van der Waals surface area (Å²) in [5.74, 6) is 0.855. The lowest BCUT2D eigenvalue weighted by molar-refractivity contribution is -0.119. The van der Waals surface area contributed by atoms with Gasteiger partial charge in [-0.3, -0.25) is 4.79 Å². The van der Waals surface area contributed by atoms with Crippen LogP contribution in [0.4, 0.5) is 0 Å². The fourth-order valence-corrected chi connectivity index (χ4v) is 3.64. The van der Waals surface area contributed by atoms with Crippen LogP contribution in [0.2, 0.25) is 10.0 Å². The molecule has 120 valence electrons. The third-order valence-electron chi connectivity index (χ3n) is 4.03. The summed E-state index contributed by atoms with van der Waals surface area (Å²) in [5.41, 5.74) is 3.19. The normalized spacial score (nSPS) is 16.8. The highest BCUT2D eigenvalue weighted by Crippen LogP contribution is 2.37. The number of hydrogen-bond acceptors (Lipinski definition) is 2. The van der Waals surface area contributed by atoms with Crippen LogP contribution in [0.25, 0.3) is 0 Å². The molecule has 1 amide bonds. The summed E-state index contributed by atoms with van der Waals surface area (Å²) in [6, 6.07) is 11.3. The van der Waals surface area contributed by atoms with Gasteiger partial charge in [-0.15, -0.1) is 0 Å². The SMILES string of the molecule is CCOc1ccc2c(c1)CCN(C=O)C2c1cc(Cl)cc(Cl)c1. The van der Waals surface area contributed by atoms with Crippen molar-refractivity contribution in [3.05, 3.63) is 63.1 Å². The average Bonchev–Trinajstić information content (AvgIpc) is 2.53. The van der Waals surface area contributed by atoms with Gasteiger partial charge in [0.1, 0.15) is 5.75 Å². The van der Waals surface area contributed by atoms with Crippen LogP contribution >= 0.6 is 23.2 Å². The Labute approximate surface area is 145 Å². The number of carbonyl (C=O) groups excluding carboxylic acids is 1. The van der Waals surface area contributed by atoms with E-state index in [4.69, 9.17) is 27.9 Å². The largest absolute Gasteiger partial charge is 0.494 e. The van der Waals surface area contributed by atoms with Gasteiger partial charge >= 0.3 is 0 Å². The number of rotatable bonds is 4. The fraction of sp³-hybridized carbons (Fsp3) is 0.278. The highest BCUT2D eigenvalue weighted by Gasteiger charge is 2.28. The van der Waals surface area contributed by atoms with Gasteiger partial charge in [0.05, 0.1) is 12.6 Å². The van der Waals surface area contributed by atoms with Crippen molar-refractivity contribution in [2.75, 3.05) is 13.2 Å². The van der Waals surface area contributed by atoms with Crippen LogP contribution in [0.5, 0.6) is 5.75 Å². The lowest BCUT2D eigenvalue weighted by Crippen LogP contribution is -2.35. The van der Waals surface area contributed by atoms with Crippen LogP contribution in [0, 0.1) is 0 Å². The monoisotopic (exact) mass is 349 g/mol. The first-order valence-electron chi connectivity index (χ1n) is 7.55. The summed E-state index contributed by atoms with van der Waals surface area (Å²) in [5, 5.41) is 1.13. The number of fused-ring (bicyclic) bond motifs is 1. The Balaban J connectivity index is 2.08. The maximum Gasteiger partial charge on any atom is 0.210 e. The number of amides is 1. The Morgan fingerprint density at radius 3 is 2.61 bits per heavy atom. The van der Waals surface area contributed by atoms with Gasteiger partial charge in [-0.2, -0.15) is 0 Å². The predicted octanol–water partition coefficient (Wildman–Crippen LogP) is 4.50. The van der Waals surface area contributed by atoms with Gasteiger partial charge in [0, 0.05) is 16.6 Å². The summed E-state index contributed by atoms with van der Waals surface area (Å²) < 4.78 is 5.58. The van der Waals surface area contributed by atoms with Gasteiger partial charge in [-0.05, 0) is 60.4 Å². The Bertz CT molecular complexity index is 713. The lowest BCUT2D eigenvalue weighted by atomic mass is 9.88. The second-order valence-corrected chi connectivity index (χ2v) is 6.37. The predicted molar refractivity (Wildman–Crippen MR) is 92.4 cm³/mol. The van der Waals surface area contributed by atoms with Gasteiger partial charge in [-0.1, -0.05) is 29.3 Å². The summed E-state index contributed by atoms with van der Waals surface area (Å²) >= 11 is 12.3. The molecule has 1 aliphatic heterocycles. The van der Waals surface area contributed by atoms with E-state index in [0.29, 0.717) is 23.2 Å². The van der Waals surface area contributed by atoms with Crippen molar-refractivity contribution in [2.45, 2.75) is 19.4 Å². The molecule has 1 aliphatic rings. The van der Waals surface area contributed by atoms with Crippen LogP contribution in [0.3, 0.4) is 0 Å². The summed E-state index contributed by atoms with van der Waals surface area (Å²) in [7, 11) is 0. The van der Waals surface area contributed by atoms with E-state index in [0.717, 1.165) is 29.7 Å². The maximum absolute atomic E-state index is 11.5. The first-order valence-corrected chi connectivity index (χ1v) is 8.30. The fourth-order valence-electron chi connectivity index (χ4n) is 3.10. The summed E-state index contributed by atoms with van der Waals surface area (Å²) in [6.07, 6.45) is 1.69. The van der Waals surface area contributed by atoms with E-state index in [1.807, 2.05) is 31.2 Å². The van der Waals surface area contributed by atoms with E-state index >= 15 is 0 Å². The van der Waals surface area contributed by atoms with E-state index in [9.17, 15) is 4.79 Å². The maximum atomic E-state index is 11.5. The lowest BCUT2D eigenvalue weighted by Gasteiger charge is -2.35. The quantitative estimate of drug-likeness (QED) is 0.760. The molecule has 0 aliphatic carbocycles. The van der Waals surface area contributed by atoms with Crippen molar-refractivity contribution >= 4 is 29.6 Å². The average molecular weight is 350 g/mol. The molecular weight excluding hydrogens is 333 g/mol. The second-order valence-electron chi connectivity index (χ2n) is 5.49. The molecule has 1 atom stereocenters. The van der Waals surface area contributed by atoms with Crippen molar-refractivity contribution in [1.82, 2.24) is 4.90 Å². The molecule has 23 heavy (non-hydrogen) atoms. The van der Waals surface area contributed by atoms with Crippen molar-refractivity contribution in [3.8, 4) is 5.75 Å². The van der Waals surface area contributed by atoms with Gasteiger partial charge < -0.3 is 9.64 Å². The van der Waals surface area contributed by atoms with Gasteiger partial charge in [0.15, 0.2) is 0 Å². The smallest absolute Gasteiger partial charge is 0.210 e. The molecule has 5 heteroatoms. The number of nitrogens with zero attached hydrogens (tertiary/aromatic N) is 1. The van der Waals surface area contributed by atoms with Gasteiger partial charge in [0.2, 0.25) is 6.41 Å². The number of ether oxygens (including phenoxy) is 1.